The van der Waals surface area contributed by atoms with Crippen molar-refractivity contribution >= 4 is 0 Å². The van der Waals surface area contributed by atoms with Crippen molar-refractivity contribution < 1.29 is 0 Å². The molecular formula is C21H39N. The van der Waals surface area contributed by atoms with E-state index < -0.39 is 0 Å². The van der Waals surface area contributed by atoms with Crippen LogP contribution < -0.4 is 0 Å². The van der Waals surface area contributed by atoms with E-state index in [1.54, 1.807) is 5.56 Å². The fourth-order valence-electron chi connectivity index (χ4n) is 3.32. The van der Waals surface area contributed by atoms with Gasteiger partial charge in [-0.1, -0.05) is 91.4 Å². The zero-order valence-corrected chi connectivity index (χ0v) is 15.4. The summed E-state index contributed by atoms with van der Waals surface area (Å²) in [6, 6.07) is 0. The van der Waals surface area contributed by atoms with Crippen molar-refractivity contribution in [3.8, 4) is 0 Å². The molecule has 1 heterocycles. The van der Waals surface area contributed by atoms with Crippen LogP contribution in [0, 0.1) is 0 Å². The summed E-state index contributed by atoms with van der Waals surface area (Å²) in [6.07, 6.45) is 22.8. The first-order chi connectivity index (χ1) is 10.8. The summed E-state index contributed by atoms with van der Waals surface area (Å²) in [5.74, 6) is 0.651. The van der Waals surface area contributed by atoms with Gasteiger partial charge in [0, 0.05) is 12.4 Å². The number of rotatable bonds is 14. The van der Waals surface area contributed by atoms with Crippen molar-refractivity contribution in [3.05, 3.63) is 23.5 Å². The van der Waals surface area contributed by atoms with Crippen LogP contribution in [-0.2, 0) is 6.42 Å². The highest BCUT2D eigenvalue weighted by Gasteiger charge is 2.06. The van der Waals surface area contributed by atoms with Gasteiger partial charge in [0.05, 0.1) is 0 Å². The fourth-order valence-corrected chi connectivity index (χ4v) is 3.32. The van der Waals surface area contributed by atoms with Gasteiger partial charge in [-0.3, -0.25) is 0 Å². The molecule has 0 aliphatic rings. The maximum atomic E-state index is 3.27. The average molecular weight is 306 g/mol. The summed E-state index contributed by atoms with van der Waals surface area (Å²) >= 11 is 0. The Balaban J connectivity index is 1.88. The fraction of sp³-hybridized carbons (Fsp3) is 0.810. The number of H-pyrrole nitrogens is 1. The van der Waals surface area contributed by atoms with E-state index in [1.807, 2.05) is 0 Å². The normalized spacial score (nSPS) is 11.5. The topological polar surface area (TPSA) is 15.8 Å². The van der Waals surface area contributed by atoms with Crippen molar-refractivity contribution in [2.45, 2.75) is 110 Å². The van der Waals surface area contributed by atoms with Crippen LogP contribution >= 0.6 is 0 Å². The Morgan fingerprint density at radius 2 is 1.23 bits per heavy atom. The minimum atomic E-state index is 0.651. The molecule has 1 rings (SSSR count). The second-order valence-electron chi connectivity index (χ2n) is 7.23. The van der Waals surface area contributed by atoms with Gasteiger partial charge in [-0.05, 0) is 29.9 Å². The second-order valence-corrected chi connectivity index (χ2v) is 7.23. The van der Waals surface area contributed by atoms with Crippen molar-refractivity contribution in [3.63, 3.8) is 0 Å². The molecule has 1 heteroatoms. The molecule has 0 fully saturated rings. The smallest absolute Gasteiger partial charge is 0.00428 e. The zero-order chi connectivity index (χ0) is 16.0. The van der Waals surface area contributed by atoms with Crippen LogP contribution in [0.15, 0.2) is 12.4 Å². The Bertz CT molecular complexity index is 351. The van der Waals surface area contributed by atoms with Crippen LogP contribution in [0.25, 0.3) is 0 Å². The molecular weight excluding hydrogens is 266 g/mol. The van der Waals surface area contributed by atoms with E-state index in [0.717, 1.165) is 0 Å². The van der Waals surface area contributed by atoms with Crippen LogP contribution in [0.4, 0.5) is 0 Å². The van der Waals surface area contributed by atoms with Crippen molar-refractivity contribution in [2.24, 2.45) is 0 Å². The summed E-state index contributed by atoms with van der Waals surface area (Å²) in [4.78, 5) is 3.27. The molecule has 0 aromatic carbocycles. The van der Waals surface area contributed by atoms with Crippen molar-refractivity contribution in [2.75, 3.05) is 0 Å². The number of hydrogen-bond donors (Lipinski definition) is 1. The van der Waals surface area contributed by atoms with Crippen LogP contribution in [-0.4, -0.2) is 4.98 Å². The SMILES string of the molecule is CCCCCCCCCCCCCCc1c[nH]cc1C(C)C. The molecule has 0 spiro atoms. The summed E-state index contributed by atoms with van der Waals surface area (Å²) in [5.41, 5.74) is 3.06. The molecule has 0 aliphatic carbocycles. The largest absolute Gasteiger partial charge is 0.367 e. The Morgan fingerprint density at radius 1 is 0.727 bits per heavy atom. The third kappa shape index (κ3) is 8.66. The third-order valence-corrected chi connectivity index (χ3v) is 4.79. The molecule has 0 unspecified atom stereocenters. The molecule has 0 bridgehead atoms. The number of nitrogens with one attached hydrogen (secondary N) is 1. The van der Waals surface area contributed by atoms with Gasteiger partial charge < -0.3 is 4.98 Å². The Hall–Kier alpha value is -0.720. The minimum absolute atomic E-state index is 0.651. The molecule has 1 nitrogen and oxygen atoms in total. The first-order valence-corrected chi connectivity index (χ1v) is 9.91. The zero-order valence-electron chi connectivity index (χ0n) is 15.4. The number of unbranched alkanes of at least 4 members (excludes halogenated alkanes) is 11. The van der Waals surface area contributed by atoms with Crippen molar-refractivity contribution in [1.29, 1.82) is 0 Å². The maximum Gasteiger partial charge on any atom is 0.00428 e. The first-order valence-electron chi connectivity index (χ1n) is 9.91. The first kappa shape index (κ1) is 19.3. The lowest BCUT2D eigenvalue weighted by atomic mass is 9.98. The Kier molecular flexibility index (Phi) is 11.2. The quantitative estimate of drug-likeness (QED) is 0.345. The average Bonchev–Trinajstić information content (AvgIpc) is 2.97. The highest BCUT2D eigenvalue weighted by atomic mass is 14.6. The molecule has 22 heavy (non-hydrogen) atoms. The lowest BCUT2D eigenvalue weighted by Gasteiger charge is -2.07. The molecule has 0 saturated carbocycles. The van der Waals surface area contributed by atoms with Gasteiger partial charge in [0.1, 0.15) is 0 Å². The van der Waals surface area contributed by atoms with Crippen molar-refractivity contribution in [1.82, 2.24) is 4.98 Å². The predicted octanol–water partition coefficient (Wildman–Crippen LogP) is 7.38. The third-order valence-electron chi connectivity index (χ3n) is 4.79. The molecule has 1 aromatic heterocycles. The van der Waals surface area contributed by atoms with E-state index in [9.17, 15) is 0 Å². The van der Waals surface area contributed by atoms with Gasteiger partial charge in [-0.25, -0.2) is 0 Å². The van der Waals surface area contributed by atoms with Crippen LogP contribution in [0.1, 0.15) is 115 Å². The van der Waals surface area contributed by atoms with E-state index >= 15 is 0 Å². The van der Waals surface area contributed by atoms with Gasteiger partial charge >= 0.3 is 0 Å². The van der Waals surface area contributed by atoms with Crippen LogP contribution in [0.2, 0.25) is 0 Å². The molecule has 1 aromatic rings. The van der Waals surface area contributed by atoms with E-state index in [4.69, 9.17) is 0 Å². The molecule has 128 valence electrons. The standard InChI is InChI=1S/C21H39N/c1-4-5-6-7-8-9-10-11-12-13-14-15-16-20-17-22-18-21(20)19(2)3/h17-19,22H,4-16H2,1-3H3. The molecule has 0 radical (unpaired) electrons. The summed E-state index contributed by atoms with van der Waals surface area (Å²) in [6.45, 7) is 6.86. The summed E-state index contributed by atoms with van der Waals surface area (Å²) in [7, 11) is 0. The van der Waals surface area contributed by atoms with E-state index in [-0.39, 0.29) is 0 Å². The number of aromatic nitrogens is 1. The number of aryl methyl sites for hydroxylation is 1. The summed E-state index contributed by atoms with van der Waals surface area (Å²) < 4.78 is 0. The molecule has 0 atom stereocenters. The van der Waals surface area contributed by atoms with Gasteiger partial charge in [0.15, 0.2) is 0 Å². The molecule has 0 saturated heterocycles. The monoisotopic (exact) mass is 305 g/mol. The molecule has 0 amide bonds. The van der Waals surface area contributed by atoms with Gasteiger partial charge in [-0.2, -0.15) is 0 Å². The number of hydrogen-bond acceptors (Lipinski definition) is 0. The lowest BCUT2D eigenvalue weighted by molar-refractivity contribution is 0.544. The van der Waals surface area contributed by atoms with Crippen LogP contribution in [0.5, 0.6) is 0 Å². The molecule has 1 N–H and O–H groups in total. The minimum Gasteiger partial charge on any atom is -0.367 e. The Labute approximate surface area is 139 Å². The maximum absolute atomic E-state index is 3.27. The van der Waals surface area contributed by atoms with E-state index in [2.05, 4.69) is 38.1 Å². The van der Waals surface area contributed by atoms with E-state index in [0.29, 0.717) is 5.92 Å². The highest BCUT2D eigenvalue weighted by molar-refractivity contribution is 5.26. The second kappa shape index (κ2) is 12.8. The lowest BCUT2D eigenvalue weighted by Crippen LogP contribution is -1.92. The Morgan fingerprint density at radius 3 is 1.73 bits per heavy atom. The van der Waals surface area contributed by atoms with Gasteiger partial charge in [0.2, 0.25) is 0 Å². The highest BCUT2D eigenvalue weighted by Crippen LogP contribution is 2.21. The van der Waals surface area contributed by atoms with E-state index in [1.165, 1.54) is 89.0 Å². The van der Waals surface area contributed by atoms with Gasteiger partial charge in [-0.15, -0.1) is 0 Å². The number of aromatic amines is 1. The van der Waals surface area contributed by atoms with Gasteiger partial charge in [0.25, 0.3) is 0 Å². The molecule has 0 aliphatic heterocycles. The predicted molar refractivity (Wildman–Crippen MR) is 99.7 cm³/mol. The van der Waals surface area contributed by atoms with Crippen LogP contribution in [0.3, 0.4) is 0 Å². The summed E-state index contributed by atoms with van der Waals surface area (Å²) in [5, 5.41) is 0.